The topological polar surface area (TPSA) is 57.7 Å². The van der Waals surface area contributed by atoms with E-state index in [0.717, 1.165) is 52.6 Å². The molecule has 29 heavy (non-hydrogen) atoms. The molecule has 1 N–H and O–H groups in total. The highest BCUT2D eigenvalue weighted by molar-refractivity contribution is 6.30. The maximum absolute atomic E-state index is 13.1. The number of nitrogens with one attached hydrogen (secondary N) is 1. The molecule has 0 atom stereocenters. The molecule has 0 unspecified atom stereocenters. The van der Waals surface area contributed by atoms with Crippen LogP contribution < -0.4 is 4.90 Å². The number of hydrogen-bond acceptors (Lipinski definition) is 4. The average Bonchev–Trinajstić information content (AvgIpc) is 3.18. The molecule has 2 aromatic carbocycles. The molecule has 5 rings (SSSR count). The Kier molecular flexibility index (Phi) is 4.48. The van der Waals surface area contributed by atoms with Crippen molar-refractivity contribution in [1.82, 2.24) is 20.4 Å². The van der Waals surface area contributed by atoms with E-state index in [0.29, 0.717) is 11.6 Å². The maximum Gasteiger partial charge on any atom is 0.151 e. The van der Waals surface area contributed by atoms with Gasteiger partial charge >= 0.3 is 0 Å². The Morgan fingerprint density at radius 3 is 2.59 bits per heavy atom. The van der Waals surface area contributed by atoms with Crippen LogP contribution in [0.5, 0.6) is 0 Å². The molecule has 3 heterocycles. The number of H-pyrrole nitrogens is 1. The van der Waals surface area contributed by atoms with Crippen molar-refractivity contribution < 1.29 is 4.39 Å². The molecule has 2 aromatic heterocycles. The summed E-state index contributed by atoms with van der Waals surface area (Å²) >= 11 is 6.16. The molecule has 0 fully saturated rings. The van der Waals surface area contributed by atoms with Gasteiger partial charge in [0.1, 0.15) is 5.82 Å². The van der Waals surface area contributed by atoms with Crippen LogP contribution in [0.4, 0.5) is 10.2 Å². The SMILES string of the molecule is Fc1ccc(-c2ccc(N3CCc4[nH]nc(-c5cccc(Cl)c5)c4C3)nn2)cc1. The van der Waals surface area contributed by atoms with E-state index in [-0.39, 0.29) is 5.82 Å². The van der Waals surface area contributed by atoms with Gasteiger partial charge in [-0.15, -0.1) is 10.2 Å². The van der Waals surface area contributed by atoms with Gasteiger partial charge in [0.25, 0.3) is 0 Å². The summed E-state index contributed by atoms with van der Waals surface area (Å²) < 4.78 is 13.1. The first kappa shape index (κ1) is 17.8. The van der Waals surface area contributed by atoms with Crippen molar-refractivity contribution in [1.29, 1.82) is 0 Å². The van der Waals surface area contributed by atoms with Crippen LogP contribution in [0.15, 0.2) is 60.7 Å². The number of fused-ring (bicyclic) bond motifs is 1. The second kappa shape index (κ2) is 7.29. The Morgan fingerprint density at radius 1 is 0.966 bits per heavy atom. The van der Waals surface area contributed by atoms with Crippen LogP contribution in [-0.2, 0) is 13.0 Å². The first-order valence-corrected chi connectivity index (χ1v) is 9.72. The molecule has 144 valence electrons. The third-order valence-corrected chi connectivity index (χ3v) is 5.38. The largest absolute Gasteiger partial charge is 0.350 e. The number of halogens is 2. The summed E-state index contributed by atoms with van der Waals surface area (Å²) in [5, 5.41) is 17.1. The zero-order chi connectivity index (χ0) is 19.8. The first-order chi connectivity index (χ1) is 14.2. The molecule has 1 aliphatic rings. The number of aromatic amines is 1. The predicted molar refractivity (Wildman–Crippen MR) is 111 cm³/mol. The molecule has 0 saturated heterocycles. The number of rotatable bonds is 3. The summed E-state index contributed by atoms with van der Waals surface area (Å²) in [6.45, 7) is 1.52. The number of hydrogen-bond donors (Lipinski definition) is 1. The highest BCUT2D eigenvalue weighted by Crippen LogP contribution is 2.31. The maximum atomic E-state index is 13.1. The van der Waals surface area contributed by atoms with Crippen molar-refractivity contribution >= 4 is 17.4 Å². The lowest BCUT2D eigenvalue weighted by atomic mass is 10.0. The van der Waals surface area contributed by atoms with Crippen molar-refractivity contribution in [2.75, 3.05) is 11.4 Å². The molecule has 5 nitrogen and oxygen atoms in total. The van der Waals surface area contributed by atoms with E-state index in [9.17, 15) is 4.39 Å². The molecule has 0 saturated carbocycles. The highest BCUT2D eigenvalue weighted by atomic mass is 35.5. The minimum absolute atomic E-state index is 0.266. The van der Waals surface area contributed by atoms with Gasteiger partial charge in [-0.3, -0.25) is 5.10 Å². The second-order valence-electron chi connectivity index (χ2n) is 6.99. The minimum atomic E-state index is -0.266. The summed E-state index contributed by atoms with van der Waals surface area (Å²) in [5.74, 6) is 0.540. The van der Waals surface area contributed by atoms with E-state index < -0.39 is 0 Å². The van der Waals surface area contributed by atoms with E-state index in [2.05, 4.69) is 25.3 Å². The third kappa shape index (κ3) is 3.47. The summed E-state index contributed by atoms with van der Waals surface area (Å²) in [4.78, 5) is 2.19. The van der Waals surface area contributed by atoms with Gasteiger partial charge in [-0.1, -0.05) is 23.7 Å². The van der Waals surface area contributed by atoms with Gasteiger partial charge in [-0.25, -0.2) is 4.39 Å². The molecule has 4 aromatic rings. The number of nitrogens with zero attached hydrogens (tertiary/aromatic N) is 4. The van der Waals surface area contributed by atoms with Crippen LogP contribution in [0.25, 0.3) is 22.5 Å². The molecule has 0 aliphatic carbocycles. The smallest absolute Gasteiger partial charge is 0.151 e. The molecule has 0 spiro atoms. The fourth-order valence-electron chi connectivity index (χ4n) is 3.63. The minimum Gasteiger partial charge on any atom is -0.350 e. The molecule has 0 radical (unpaired) electrons. The Balaban J connectivity index is 1.41. The highest BCUT2D eigenvalue weighted by Gasteiger charge is 2.24. The summed E-state index contributed by atoms with van der Waals surface area (Å²) in [7, 11) is 0. The molecule has 0 bridgehead atoms. The van der Waals surface area contributed by atoms with Gasteiger partial charge in [-0.2, -0.15) is 5.10 Å². The average molecular weight is 406 g/mol. The molecular formula is C22H17ClFN5. The van der Waals surface area contributed by atoms with Crippen LogP contribution in [0, 0.1) is 5.82 Å². The zero-order valence-electron chi connectivity index (χ0n) is 15.4. The Bertz CT molecular complexity index is 1150. The van der Waals surface area contributed by atoms with Crippen LogP contribution in [-0.4, -0.2) is 26.9 Å². The van der Waals surface area contributed by atoms with Crippen molar-refractivity contribution in [3.8, 4) is 22.5 Å². The van der Waals surface area contributed by atoms with E-state index >= 15 is 0 Å². The van der Waals surface area contributed by atoms with Crippen LogP contribution >= 0.6 is 11.6 Å². The van der Waals surface area contributed by atoms with Crippen molar-refractivity contribution in [3.63, 3.8) is 0 Å². The predicted octanol–water partition coefficient (Wildman–Crippen LogP) is 4.89. The van der Waals surface area contributed by atoms with E-state index in [1.165, 1.54) is 12.1 Å². The lowest BCUT2D eigenvalue weighted by Gasteiger charge is -2.27. The van der Waals surface area contributed by atoms with Crippen molar-refractivity contribution in [3.05, 3.63) is 82.8 Å². The van der Waals surface area contributed by atoms with Gasteiger partial charge in [0.15, 0.2) is 5.82 Å². The van der Waals surface area contributed by atoms with Crippen molar-refractivity contribution in [2.45, 2.75) is 13.0 Å². The van der Waals surface area contributed by atoms with Crippen molar-refractivity contribution in [2.24, 2.45) is 0 Å². The Hall–Kier alpha value is -3.25. The lowest BCUT2D eigenvalue weighted by Crippen LogP contribution is -2.31. The van der Waals surface area contributed by atoms with Gasteiger partial charge in [0, 0.05) is 46.9 Å². The summed E-state index contributed by atoms with van der Waals surface area (Å²) in [6.07, 6.45) is 0.851. The zero-order valence-corrected chi connectivity index (χ0v) is 16.2. The van der Waals surface area contributed by atoms with Gasteiger partial charge in [0.05, 0.1) is 11.4 Å². The standard InChI is InChI=1S/C22H17ClFN5/c23-16-3-1-2-15(12-16)22-18-13-29(11-10-20(18)26-28-22)21-9-8-19(25-27-21)14-4-6-17(24)7-5-14/h1-9,12H,10-11,13H2,(H,26,28). The Labute approximate surface area is 172 Å². The lowest BCUT2D eigenvalue weighted by molar-refractivity contribution is 0.628. The monoisotopic (exact) mass is 405 g/mol. The van der Waals surface area contributed by atoms with Crippen LogP contribution in [0.1, 0.15) is 11.3 Å². The molecule has 1 aliphatic heterocycles. The van der Waals surface area contributed by atoms with Crippen LogP contribution in [0.2, 0.25) is 5.02 Å². The van der Waals surface area contributed by atoms with E-state index in [4.69, 9.17) is 11.6 Å². The van der Waals surface area contributed by atoms with Gasteiger partial charge < -0.3 is 4.90 Å². The number of anilines is 1. The summed E-state index contributed by atoms with van der Waals surface area (Å²) in [6, 6.07) is 17.8. The molecule has 0 amide bonds. The molecule has 7 heteroatoms. The van der Waals surface area contributed by atoms with Gasteiger partial charge in [0.2, 0.25) is 0 Å². The fraction of sp³-hybridized carbons (Fsp3) is 0.136. The normalized spacial score (nSPS) is 13.4. The number of aromatic nitrogens is 4. The van der Waals surface area contributed by atoms with E-state index in [1.54, 1.807) is 12.1 Å². The quantitative estimate of drug-likeness (QED) is 0.527. The fourth-order valence-corrected chi connectivity index (χ4v) is 3.82. The first-order valence-electron chi connectivity index (χ1n) is 9.34. The summed E-state index contributed by atoms with van der Waals surface area (Å²) in [5.41, 5.74) is 5.77. The second-order valence-corrected chi connectivity index (χ2v) is 7.43. The third-order valence-electron chi connectivity index (χ3n) is 5.15. The molecular weight excluding hydrogens is 389 g/mol. The van der Waals surface area contributed by atoms with E-state index in [1.807, 2.05) is 36.4 Å². The van der Waals surface area contributed by atoms with Crippen LogP contribution in [0.3, 0.4) is 0 Å². The number of benzene rings is 2. The van der Waals surface area contributed by atoms with Gasteiger partial charge in [-0.05, 0) is 48.5 Å². The Morgan fingerprint density at radius 2 is 1.83 bits per heavy atom.